The molecular formula is C23H22ClN3O3. The number of aromatic nitrogens is 2. The Morgan fingerprint density at radius 3 is 2.57 bits per heavy atom. The lowest BCUT2D eigenvalue weighted by Crippen LogP contribution is -2.45. The molecule has 7 heteroatoms. The van der Waals surface area contributed by atoms with E-state index in [1.54, 1.807) is 12.1 Å². The van der Waals surface area contributed by atoms with E-state index in [1.165, 1.54) is 16.8 Å². The van der Waals surface area contributed by atoms with Crippen LogP contribution in [0, 0.1) is 0 Å². The molecule has 154 valence electrons. The SMILES string of the molecule is O=C(NCC1(c2cccc(Cl)c2)CCOCC1)c1ccc(=O)n(-c2ccccc2)n1. The molecule has 1 aliphatic rings. The van der Waals surface area contributed by atoms with Gasteiger partial charge in [-0.3, -0.25) is 9.59 Å². The Kier molecular flexibility index (Phi) is 5.97. The van der Waals surface area contributed by atoms with Crippen molar-refractivity contribution in [2.24, 2.45) is 0 Å². The minimum absolute atomic E-state index is 0.187. The Hall–Kier alpha value is -2.96. The summed E-state index contributed by atoms with van der Waals surface area (Å²) in [7, 11) is 0. The molecule has 1 aliphatic heterocycles. The minimum Gasteiger partial charge on any atom is -0.381 e. The van der Waals surface area contributed by atoms with Crippen molar-refractivity contribution in [2.75, 3.05) is 19.8 Å². The molecular weight excluding hydrogens is 402 g/mol. The first-order valence-corrected chi connectivity index (χ1v) is 10.2. The van der Waals surface area contributed by atoms with Crippen LogP contribution in [-0.2, 0) is 10.2 Å². The van der Waals surface area contributed by atoms with Gasteiger partial charge in [-0.25, -0.2) is 0 Å². The number of para-hydroxylation sites is 1. The van der Waals surface area contributed by atoms with Gasteiger partial charge in [-0.05, 0) is 48.7 Å². The van der Waals surface area contributed by atoms with Crippen LogP contribution in [0.15, 0.2) is 71.5 Å². The number of hydrogen-bond acceptors (Lipinski definition) is 4. The van der Waals surface area contributed by atoms with Crippen LogP contribution in [0.25, 0.3) is 5.69 Å². The third-order valence-corrected chi connectivity index (χ3v) is 5.74. The van der Waals surface area contributed by atoms with Crippen LogP contribution in [0.3, 0.4) is 0 Å². The summed E-state index contributed by atoms with van der Waals surface area (Å²) in [4.78, 5) is 25.1. The van der Waals surface area contributed by atoms with Crippen molar-refractivity contribution < 1.29 is 9.53 Å². The number of carbonyl (C=O) groups is 1. The molecule has 0 aliphatic carbocycles. The van der Waals surface area contributed by atoms with Crippen molar-refractivity contribution in [3.8, 4) is 5.69 Å². The molecule has 2 aromatic carbocycles. The van der Waals surface area contributed by atoms with Crippen LogP contribution in [0.2, 0.25) is 5.02 Å². The summed E-state index contributed by atoms with van der Waals surface area (Å²) in [6, 6.07) is 19.6. The van der Waals surface area contributed by atoms with Crippen LogP contribution < -0.4 is 10.9 Å². The number of benzene rings is 2. The van der Waals surface area contributed by atoms with E-state index in [9.17, 15) is 9.59 Å². The summed E-state index contributed by atoms with van der Waals surface area (Å²) in [6.45, 7) is 1.68. The average molecular weight is 424 g/mol. The molecule has 0 saturated carbocycles. The van der Waals surface area contributed by atoms with E-state index in [1.807, 2.05) is 42.5 Å². The van der Waals surface area contributed by atoms with Crippen molar-refractivity contribution in [3.05, 3.63) is 93.4 Å². The van der Waals surface area contributed by atoms with Crippen molar-refractivity contribution in [1.29, 1.82) is 0 Å². The van der Waals surface area contributed by atoms with Gasteiger partial charge in [0.1, 0.15) is 5.69 Å². The van der Waals surface area contributed by atoms with Gasteiger partial charge in [0.2, 0.25) is 0 Å². The molecule has 0 atom stereocenters. The van der Waals surface area contributed by atoms with Crippen LogP contribution in [-0.4, -0.2) is 35.4 Å². The topological polar surface area (TPSA) is 73.2 Å². The zero-order valence-corrected chi connectivity index (χ0v) is 17.1. The quantitative estimate of drug-likeness (QED) is 0.682. The highest BCUT2D eigenvalue weighted by Gasteiger charge is 2.35. The second kappa shape index (κ2) is 8.81. The molecule has 2 heterocycles. The summed E-state index contributed by atoms with van der Waals surface area (Å²) < 4.78 is 6.78. The standard InChI is InChI=1S/C23H22ClN3O3/c24-18-6-4-5-17(15-18)23(11-13-30-14-12-23)16-25-22(29)20-9-10-21(28)27(26-20)19-7-2-1-3-8-19/h1-10,15H,11-14,16H2,(H,25,29). The van der Waals surface area contributed by atoms with Gasteiger partial charge in [-0.2, -0.15) is 9.78 Å². The molecule has 0 radical (unpaired) electrons. The summed E-state index contributed by atoms with van der Waals surface area (Å²) in [5.74, 6) is -0.326. The summed E-state index contributed by atoms with van der Waals surface area (Å²) in [6.07, 6.45) is 1.56. The van der Waals surface area contributed by atoms with Crippen molar-refractivity contribution in [3.63, 3.8) is 0 Å². The fourth-order valence-electron chi connectivity index (χ4n) is 3.77. The maximum Gasteiger partial charge on any atom is 0.271 e. The number of ether oxygens (including phenoxy) is 1. The van der Waals surface area contributed by atoms with Crippen molar-refractivity contribution >= 4 is 17.5 Å². The van der Waals surface area contributed by atoms with E-state index in [0.717, 1.165) is 18.4 Å². The Labute approximate surface area is 179 Å². The van der Waals surface area contributed by atoms with E-state index in [2.05, 4.69) is 10.4 Å². The largest absolute Gasteiger partial charge is 0.381 e. The molecule has 1 saturated heterocycles. The highest BCUT2D eigenvalue weighted by atomic mass is 35.5. The molecule has 1 aromatic heterocycles. The smallest absolute Gasteiger partial charge is 0.271 e. The van der Waals surface area contributed by atoms with Crippen molar-refractivity contribution in [2.45, 2.75) is 18.3 Å². The van der Waals surface area contributed by atoms with E-state index >= 15 is 0 Å². The lowest BCUT2D eigenvalue weighted by atomic mass is 9.74. The molecule has 1 N–H and O–H groups in total. The van der Waals surface area contributed by atoms with Crippen LogP contribution in [0.4, 0.5) is 0 Å². The van der Waals surface area contributed by atoms with E-state index in [-0.39, 0.29) is 22.6 Å². The molecule has 0 unspecified atom stereocenters. The van der Waals surface area contributed by atoms with Gasteiger partial charge in [0.25, 0.3) is 11.5 Å². The molecule has 1 amide bonds. The van der Waals surface area contributed by atoms with Crippen molar-refractivity contribution in [1.82, 2.24) is 15.1 Å². The Morgan fingerprint density at radius 1 is 1.07 bits per heavy atom. The van der Waals surface area contributed by atoms with Gasteiger partial charge >= 0.3 is 0 Å². The summed E-state index contributed by atoms with van der Waals surface area (Å²) >= 11 is 6.21. The van der Waals surface area contributed by atoms with E-state index < -0.39 is 0 Å². The fraction of sp³-hybridized carbons (Fsp3) is 0.261. The first kappa shape index (κ1) is 20.3. The molecule has 6 nitrogen and oxygen atoms in total. The lowest BCUT2D eigenvalue weighted by molar-refractivity contribution is 0.0486. The molecule has 1 fully saturated rings. The number of hydrogen-bond donors (Lipinski definition) is 1. The second-order valence-electron chi connectivity index (χ2n) is 7.39. The van der Waals surface area contributed by atoms with Crippen LogP contribution in [0.5, 0.6) is 0 Å². The monoisotopic (exact) mass is 423 g/mol. The number of rotatable bonds is 5. The zero-order valence-electron chi connectivity index (χ0n) is 16.4. The van der Waals surface area contributed by atoms with Gasteiger partial charge in [-0.1, -0.05) is 41.9 Å². The first-order chi connectivity index (χ1) is 14.6. The lowest BCUT2D eigenvalue weighted by Gasteiger charge is -2.38. The van der Waals surface area contributed by atoms with Gasteiger partial charge in [0.05, 0.1) is 5.69 Å². The van der Waals surface area contributed by atoms with Gasteiger partial charge in [-0.15, -0.1) is 0 Å². The third-order valence-electron chi connectivity index (χ3n) is 5.51. The van der Waals surface area contributed by atoms with Gasteiger partial charge in [0, 0.05) is 36.3 Å². The predicted molar refractivity (Wildman–Crippen MR) is 115 cm³/mol. The summed E-state index contributed by atoms with van der Waals surface area (Å²) in [5, 5.41) is 7.94. The van der Waals surface area contributed by atoms with E-state index in [0.29, 0.717) is 30.5 Å². The number of carbonyl (C=O) groups excluding carboxylic acids is 1. The maximum absolute atomic E-state index is 12.9. The van der Waals surface area contributed by atoms with E-state index in [4.69, 9.17) is 16.3 Å². The number of nitrogens with zero attached hydrogens (tertiary/aromatic N) is 2. The van der Waals surface area contributed by atoms with Gasteiger partial charge in [0.15, 0.2) is 0 Å². The Balaban J connectivity index is 1.57. The van der Waals surface area contributed by atoms with Crippen LogP contribution in [0.1, 0.15) is 28.9 Å². The minimum atomic E-state index is -0.326. The predicted octanol–water partition coefficient (Wildman–Crippen LogP) is 3.36. The highest BCUT2D eigenvalue weighted by Crippen LogP contribution is 2.35. The molecule has 0 spiro atoms. The zero-order chi connectivity index (χ0) is 21.0. The Bertz CT molecular complexity index is 1090. The molecule has 3 aromatic rings. The first-order valence-electron chi connectivity index (χ1n) is 9.85. The molecule has 0 bridgehead atoms. The summed E-state index contributed by atoms with van der Waals surface area (Å²) in [5.41, 5.74) is 1.33. The Morgan fingerprint density at radius 2 is 1.83 bits per heavy atom. The molecule has 4 rings (SSSR count). The van der Waals surface area contributed by atoms with Gasteiger partial charge < -0.3 is 10.1 Å². The fourth-order valence-corrected chi connectivity index (χ4v) is 3.96. The number of halogens is 1. The highest BCUT2D eigenvalue weighted by molar-refractivity contribution is 6.30. The maximum atomic E-state index is 12.9. The normalized spacial score (nSPS) is 15.5. The molecule has 30 heavy (non-hydrogen) atoms. The third kappa shape index (κ3) is 4.30. The number of nitrogens with one attached hydrogen (secondary N) is 1. The number of amides is 1. The average Bonchev–Trinajstić information content (AvgIpc) is 2.79. The second-order valence-corrected chi connectivity index (χ2v) is 7.83. The van der Waals surface area contributed by atoms with Crippen LogP contribution >= 0.6 is 11.6 Å².